The molecular weight excluding hydrogens is 232 g/mol. The molecule has 0 fully saturated rings. The number of rotatable bonds is 1. The normalized spacial score (nSPS) is 14.2. The van der Waals surface area contributed by atoms with Crippen molar-refractivity contribution in [1.82, 2.24) is 0 Å². The van der Waals surface area contributed by atoms with E-state index in [2.05, 4.69) is 15.9 Å². The molecule has 1 aromatic rings. The first-order valence-electron chi connectivity index (χ1n) is 4.23. The molecule has 1 N–H and O–H groups in total. The van der Waals surface area contributed by atoms with Gasteiger partial charge in [0.05, 0.1) is 5.56 Å². The Balaban J connectivity index is 2.55. The minimum Gasteiger partial charge on any atom is -0.478 e. The third-order valence-corrected chi connectivity index (χ3v) is 3.07. The molecule has 0 radical (unpaired) electrons. The van der Waals surface area contributed by atoms with E-state index in [-0.39, 0.29) is 0 Å². The number of aromatic carboxylic acids is 1. The summed E-state index contributed by atoms with van der Waals surface area (Å²) in [5.74, 6) is -0.860. The van der Waals surface area contributed by atoms with Crippen LogP contribution >= 0.6 is 15.9 Å². The molecule has 1 aliphatic carbocycles. The molecule has 0 saturated carbocycles. The third-order valence-electron chi connectivity index (χ3n) is 2.41. The average Bonchev–Trinajstić information content (AvgIpc) is 2.48. The Kier molecular flexibility index (Phi) is 2.12. The highest BCUT2D eigenvalue weighted by Crippen LogP contribution is 2.28. The van der Waals surface area contributed by atoms with Gasteiger partial charge in [-0.25, -0.2) is 4.79 Å². The number of carboxylic acids is 1. The van der Waals surface area contributed by atoms with Gasteiger partial charge < -0.3 is 5.11 Å². The molecule has 2 rings (SSSR count). The SMILES string of the molecule is O=C(O)c1cc2c(cc1Br)CCC2. The molecule has 0 atom stereocenters. The lowest BCUT2D eigenvalue weighted by molar-refractivity contribution is 0.0696. The van der Waals surface area contributed by atoms with Crippen molar-refractivity contribution in [3.8, 4) is 0 Å². The quantitative estimate of drug-likeness (QED) is 0.820. The van der Waals surface area contributed by atoms with Gasteiger partial charge in [-0.05, 0) is 58.5 Å². The van der Waals surface area contributed by atoms with Gasteiger partial charge in [-0.3, -0.25) is 0 Å². The summed E-state index contributed by atoms with van der Waals surface area (Å²) in [6.07, 6.45) is 3.24. The highest BCUT2D eigenvalue weighted by Gasteiger charge is 2.16. The first-order chi connectivity index (χ1) is 6.18. The van der Waals surface area contributed by atoms with Crippen LogP contribution in [0.3, 0.4) is 0 Å². The van der Waals surface area contributed by atoms with E-state index in [9.17, 15) is 4.79 Å². The summed E-state index contributed by atoms with van der Waals surface area (Å²) in [5.41, 5.74) is 2.86. The van der Waals surface area contributed by atoms with Gasteiger partial charge in [0.25, 0.3) is 0 Å². The molecule has 3 heteroatoms. The fourth-order valence-corrected chi connectivity index (χ4v) is 2.32. The molecule has 1 aliphatic rings. The summed E-state index contributed by atoms with van der Waals surface area (Å²) in [4.78, 5) is 10.8. The van der Waals surface area contributed by atoms with Crippen molar-refractivity contribution in [2.24, 2.45) is 0 Å². The predicted molar refractivity (Wildman–Crippen MR) is 53.1 cm³/mol. The summed E-state index contributed by atoms with van der Waals surface area (Å²) in [6, 6.07) is 3.72. The summed E-state index contributed by atoms with van der Waals surface area (Å²) < 4.78 is 0.695. The highest BCUT2D eigenvalue weighted by atomic mass is 79.9. The Hall–Kier alpha value is -0.830. The second-order valence-electron chi connectivity index (χ2n) is 3.26. The molecule has 68 valence electrons. The van der Waals surface area contributed by atoms with E-state index in [1.165, 1.54) is 11.1 Å². The molecule has 13 heavy (non-hydrogen) atoms. The van der Waals surface area contributed by atoms with E-state index in [1.54, 1.807) is 6.07 Å². The molecule has 0 aliphatic heterocycles. The van der Waals surface area contributed by atoms with Gasteiger partial charge in [-0.2, -0.15) is 0 Å². The molecule has 2 nitrogen and oxygen atoms in total. The number of benzene rings is 1. The zero-order valence-electron chi connectivity index (χ0n) is 7.01. The van der Waals surface area contributed by atoms with E-state index >= 15 is 0 Å². The minimum absolute atomic E-state index is 0.376. The number of aryl methyl sites for hydroxylation is 2. The molecule has 0 heterocycles. The molecule has 0 spiro atoms. The smallest absolute Gasteiger partial charge is 0.336 e. The van der Waals surface area contributed by atoms with E-state index in [4.69, 9.17) is 5.11 Å². The Morgan fingerprint density at radius 3 is 2.54 bits per heavy atom. The van der Waals surface area contributed by atoms with Crippen LogP contribution in [0.5, 0.6) is 0 Å². The standard InChI is InChI=1S/C10H9BrO2/c11-9-5-7-3-1-2-6(7)4-8(9)10(12)13/h4-5H,1-3H2,(H,12,13). The van der Waals surface area contributed by atoms with Crippen LogP contribution in [0.15, 0.2) is 16.6 Å². The van der Waals surface area contributed by atoms with Crippen molar-refractivity contribution in [2.75, 3.05) is 0 Å². The van der Waals surface area contributed by atoms with Crippen molar-refractivity contribution < 1.29 is 9.90 Å². The Bertz CT molecular complexity index is 371. The van der Waals surface area contributed by atoms with E-state index in [1.807, 2.05) is 6.07 Å². The number of fused-ring (bicyclic) bond motifs is 1. The van der Waals surface area contributed by atoms with Crippen LogP contribution in [0.25, 0.3) is 0 Å². The second-order valence-corrected chi connectivity index (χ2v) is 4.11. The zero-order valence-corrected chi connectivity index (χ0v) is 8.60. The van der Waals surface area contributed by atoms with Crippen LogP contribution in [0.1, 0.15) is 27.9 Å². The van der Waals surface area contributed by atoms with Gasteiger partial charge in [0.15, 0.2) is 0 Å². The molecule has 1 aromatic carbocycles. The van der Waals surface area contributed by atoms with Gasteiger partial charge in [-0.15, -0.1) is 0 Å². The van der Waals surface area contributed by atoms with Crippen molar-refractivity contribution in [3.63, 3.8) is 0 Å². The van der Waals surface area contributed by atoms with E-state index in [0.29, 0.717) is 10.0 Å². The predicted octanol–water partition coefficient (Wildman–Crippen LogP) is 2.64. The Labute approximate surface area is 84.7 Å². The second kappa shape index (κ2) is 3.14. The van der Waals surface area contributed by atoms with Crippen LogP contribution in [0.4, 0.5) is 0 Å². The zero-order chi connectivity index (χ0) is 9.42. The van der Waals surface area contributed by atoms with Gasteiger partial charge >= 0.3 is 5.97 Å². The van der Waals surface area contributed by atoms with E-state index in [0.717, 1.165) is 19.3 Å². The molecule has 0 saturated heterocycles. The fourth-order valence-electron chi connectivity index (χ4n) is 1.76. The van der Waals surface area contributed by atoms with Crippen LogP contribution in [0.2, 0.25) is 0 Å². The van der Waals surface area contributed by atoms with Crippen molar-refractivity contribution in [1.29, 1.82) is 0 Å². The summed E-state index contributed by atoms with van der Waals surface area (Å²) >= 11 is 3.27. The van der Waals surface area contributed by atoms with Crippen LogP contribution in [0, 0.1) is 0 Å². The van der Waals surface area contributed by atoms with Crippen LogP contribution in [-0.4, -0.2) is 11.1 Å². The topological polar surface area (TPSA) is 37.3 Å². The minimum atomic E-state index is -0.860. The molecule has 0 unspecified atom stereocenters. The van der Waals surface area contributed by atoms with Gasteiger partial charge in [0, 0.05) is 4.47 Å². The lowest BCUT2D eigenvalue weighted by Crippen LogP contribution is -1.99. The maximum absolute atomic E-state index is 10.8. The average molecular weight is 241 g/mol. The molecule has 0 aromatic heterocycles. The first-order valence-corrected chi connectivity index (χ1v) is 5.02. The fraction of sp³-hybridized carbons (Fsp3) is 0.300. The monoisotopic (exact) mass is 240 g/mol. The number of halogens is 1. The van der Waals surface area contributed by atoms with Crippen LogP contribution < -0.4 is 0 Å². The van der Waals surface area contributed by atoms with Crippen molar-refractivity contribution >= 4 is 21.9 Å². The highest BCUT2D eigenvalue weighted by molar-refractivity contribution is 9.10. The number of hydrogen-bond acceptors (Lipinski definition) is 1. The maximum atomic E-state index is 10.8. The van der Waals surface area contributed by atoms with Gasteiger partial charge in [0.2, 0.25) is 0 Å². The molecule has 0 bridgehead atoms. The Morgan fingerprint density at radius 1 is 1.31 bits per heavy atom. The summed E-state index contributed by atoms with van der Waals surface area (Å²) in [6.45, 7) is 0. The Morgan fingerprint density at radius 2 is 1.92 bits per heavy atom. The molecule has 0 amide bonds. The number of carbonyl (C=O) groups is 1. The van der Waals surface area contributed by atoms with Crippen molar-refractivity contribution in [2.45, 2.75) is 19.3 Å². The first kappa shape index (κ1) is 8.75. The summed E-state index contributed by atoms with van der Waals surface area (Å²) in [5, 5.41) is 8.87. The molecular formula is C10H9BrO2. The summed E-state index contributed by atoms with van der Waals surface area (Å²) in [7, 11) is 0. The van der Waals surface area contributed by atoms with Crippen LogP contribution in [-0.2, 0) is 12.8 Å². The lowest BCUT2D eigenvalue weighted by Gasteiger charge is -2.03. The number of carboxylic acid groups (broad SMARTS) is 1. The maximum Gasteiger partial charge on any atom is 0.336 e. The van der Waals surface area contributed by atoms with Crippen molar-refractivity contribution in [3.05, 3.63) is 33.3 Å². The van der Waals surface area contributed by atoms with Gasteiger partial charge in [-0.1, -0.05) is 0 Å². The van der Waals surface area contributed by atoms with Gasteiger partial charge in [0.1, 0.15) is 0 Å². The van der Waals surface area contributed by atoms with E-state index < -0.39 is 5.97 Å². The largest absolute Gasteiger partial charge is 0.478 e. The number of hydrogen-bond donors (Lipinski definition) is 1. The lowest BCUT2D eigenvalue weighted by atomic mass is 10.1. The third kappa shape index (κ3) is 1.48.